The second-order valence-electron chi connectivity index (χ2n) is 6.12. The Morgan fingerprint density at radius 2 is 1.66 bits per heavy atom. The summed E-state index contributed by atoms with van der Waals surface area (Å²) in [6.45, 7) is 0. The Morgan fingerprint density at radius 1 is 1.07 bits per heavy atom. The molecule has 29 heavy (non-hydrogen) atoms. The van der Waals surface area contributed by atoms with Crippen LogP contribution in [-0.2, 0) is 19.0 Å². The van der Waals surface area contributed by atoms with Gasteiger partial charge in [0.05, 0.1) is 29.1 Å². The molecule has 0 spiro atoms. The first-order chi connectivity index (χ1) is 13.9. The van der Waals surface area contributed by atoms with Gasteiger partial charge in [-0.1, -0.05) is 24.3 Å². The molecule has 150 valence electrons. The Morgan fingerprint density at radius 3 is 2.24 bits per heavy atom. The number of nitrogens with zero attached hydrogens (tertiary/aromatic N) is 2. The molecule has 1 saturated heterocycles. The van der Waals surface area contributed by atoms with Gasteiger partial charge in [0, 0.05) is 36.2 Å². The lowest BCUT2D eigenvalue weighted by Gasteiger charge is -2.32. The van der Waals surface area contributed by atoms with Crippen LogP contribution in [0.3, 0.4) is 0 Å². The number of benzene rings is 2. The van der Waals surface area contributed by atoms with Gasteiger partial charge in [0.1, 0.15) is 5.76 Å². The minimum Gasteiger partial charge on any atom is -0.466 e. The van der Waals surface area contributed by atoms with E-state index in [1.54, 1.807) is 12.1 Å². The van der Waals surface area contributed by atoms with Crippen LogP contribution in [-0.4, -0.2) is 22.9 Å². The first kappa shape index (κ1) is 20.0. The lowest BCUT2D eigenvalue weighted by atomic mass is 10.0. The van der Waals surface area contributed by atoms with Gasteiger partial charge < -0.3 is 14.2 Å². The van der Waals surface area contributed by atoms with Crippen molar-refractivity contribution in [1.82, 2.24) is 0 Å². The van der Waals surface area contributed by atoms with E-state index in [1.165, 1.54) is 43.5 Å². The molecular weight excluding hydrogens is 384 g/mol. The molecule has 0 bridgehead atoms. The molecule has 0 saturated carbocycles. The largest absolute Gasteiger partial charge is 0.466 e. The zero-order valence-electron chi connectivity index (χ0n) is 15.2. The van der Waals surface area contributed by atoms with E-state index in [9.17, 15) is 25.0 Å². The highest BCUT2D eigenvalue weighted by Crippen LogP contribution is 2.40. The van der Waals surface area contributed by atoms with Gasteiger partial charge in [0.15, 0.2) is 0 Å². The predicted octanol–water partition coefficient (Wildman–Crippen LogP) is 3.74. The van der Waals surface area contributed by atoms with Crippen LogP contribution in [0.4, 0.5) is 11.4 Å². The molecular formula is C19H16N2O8. The molecule has 2 aromatic rings. The first-order valence-electron chi connectivity index (χ1n) is 8.46. The van der Waals surface area contributed by atoms with Gasteiger partial charge in [-0.25, -0.2) is 4.79 Å². The van der Waals surface area contributed by atoms with Crippen LogP contribution in [0, 0.1) is 20.2 Å². The fraction of sp³-hybridized carbons (Fsp3) is 0.211. The van der Waals surface area contributed by atoms with Gasteiger partial charge in [-0.3, -0.25) is 20.2 Å². The van der Waals surface area contributed by atoms with Gasteiger partial charge in [-0.15, -0.1) is 0 Å². The highest BCUT2D eigenvalue weighted by Gasteiger charge is 2.31. The molecule has 2 atom stereocenters. The minimum atomic E-state index is -1.05. The maximum absolute atomic E-state index is 11.7. The van der Waals surface area contributed by atoms with E-state index in [0.717, 1.165) is 6.08 Å². The fourth-order valence-corrected chi connectivity index (χ4v) is 2.84. The van der Waals surface area contributed by atoms with Crippen molar-refractivity contribution in [1.29, 1.82) is 0 Å². The van der Waals surface area contributed by atoms with Crippen molar-refractivity contribution in [3.63, 3.8) is 0 Å². The summed E-state index contributed by atoms with van der Waals surface area (Å²) >= 11 is 0. The van der Waals surface area contributed by atoms with Gasteiger partial charge >= 0.3 is 5.97 Å². The summed E-state index contributed by atoms with van der Waals surface area (Å²) in [6, 6.07) is 11.6. The summed E-state index contributed by atoms with van der Waals surface area (Å²) in [5.74, 6) is -0.409. The summed E-state index contributed by atoms with van der Waals surface area (Å²) in [6.07, 6.45) is -0.452. The van der Waals surface area contributed by atoms with Gasteiger partial charge in [-0.2, -0.15) is 0 Å². The van der Waals surface area contributed by atoms with Gasteiger partial charge in [0.2, 0.25) is 6.29 Å². The normalized spacial score (nSPS) is 20.0. The van der Waals surface area contributed by atoms with E-state index in [-0.39, 0.29) is 23.6 Å². The Labute approximate surface area is 164 Å². The first-order valence-corrected chi connectivity index (χ1v) is 8.46. The van der Waals surface area contributed by atoms with Crippen LogP contribution in [0.25, 0.3) is 0 Å². The third-order valence-corrected chi connectivity index (χ3v) is 4.22. The third kappa shape index (κ3) is 4.74. The Hall–Kier alpha value is -3.79. The summed E-state index contributed by atoms with van der Waals surface area (Å²) in [5.41, 5.74) is 0.618. The monoisotopic (exact) mass is 400 g/mol. The number of esters is 1. The Kier molecular flexibility index (Phi) is 5.84. The number of hydrogen-bond acceptors (Lipinski definition) is 8. The lowest BCUT2D eigenvalue weighted by molar-refractivity contribution is -0.385. The van der Waals surface area contributed by atoms with Crippen LogP contribution in [0.15, 0.2) is 60.4 Å². The second kappa shape index (κ2) is 8.48. The standard InChI is InChI=1S/C19H16N2O8/c1-27-18(22)11-16-10-17(12-4-2-6-14(8-12)20(23)24)29-19(28-16)13-5-3-7-15(9-13)21(25)26/h2-9,11,17,19H,10H2,1H3/b16-11+/t17-,19-/m0/s1. The Bertz CT molecular complexity index is 920. The highest BCUT2D eigenvalue weighted by molar-refractivity contribution is 5.82. The van der Waals surface area contributed by atoms with E-state index in [1.807, 2.05) is 0 Å². The molecule has 10 nitrogen and oxygen atoms in total. The molecule has 0 radical (unpaired) electrons. The van der Waals surface area contributed by atoms with E-state index in [2.05, 4.69) is 4.74 Å². The van der Waals surface area contributed by atoms with Crippen LogP contribution in [0.2, 0.25) is 0 Å². The maximum Gasteiger partial charge on any atom is 0.333 e. The zero-order valence-corrected chi connectivity index (χ0v) is 15.2. The number of non-ortho nitro benzene ring substituents is 2. The molecule has 1 aliphatic rings. The van der Waals surface area contributed by atoms with Crippen molar-refractivity contribution in [3.8, 4) is 0 Å². The smallest absolute Gasteiger partial charge is 0.333 e. The fourth-order valence-electron chi connectivity index (χ4n) is 2.84. The van der Waals surface area contributed by atoms with Crippen LogP contribution in [0.1, 0.15) is 29.9 Å². The third-order valence-electron chi connectivity index (χ3n) is 4.22. The number of methoxy groups -OCH3 is 1. The number of hydrogen-bond donors (Lipinski definition) is 0. The maximum atomic E-state index is 11.7. The van der Waals surface area contributed by atoms with E-state index >= 15 is 0 Å². The van der Waals surface area contributed by atoms with Crippen molar-refractivity contribution in [2.24, 2.45) is 0 Å². The highest BCUT2D eigenvalue weighted by atomic mass is 16.7. The number of nitro groups is 2. The number of carbonyl (C=O) groups excluding carboxylic acids is 1. The van der Waals surface area contributed by atoms with E-state index < -0.39 is 28.2 Å². The molecule has 10 heteroatoms. The average molecular weight is 400 g/mol. The van der Waals surface area contributed by atoms with Crippen molar-refractivity contribution < 1.29 is 28.9 Å². The summed E-state index contributed by atoms with van der Waals surface area (Å²) in [4.78, 5) is 32.7. The molecule has 0 unspecified atom stereocenters. The summed E-state index contributed by atoms with van der Waals surface area (Å²) in [5, 5.41) is 22.1. The molecule has 1 aliphatic heterocycles. The summed E-state index contributed by atoms with van der Waals surface area (Å²) in [7, 11) is 1.22. The number of carbonyl (C=O) groups is 1. The lowest BCUT2D eigenvalue weighted by Crippen LogP contribution is -2.21. The molecule has 1 heterocycles. The van der Waals surface area contributed by atoms with Crippen molar-refractivity contribution in [2.75, 3.05) is 7.11 Å². The van der Waals surface area contributed by atoms with E-state index in [0.29, 0.717) is 11.1 Å². The average Bonchev–Trinajstić information content (AvgIpc) is 2.73. The predicted molar refractivity (Wildman–Crippen MR) is 98.6 cm³/mol. The van der Waals surface area contributed by atoms with Crippen LogP contribution >= 0.6 is 0 Å². The van der Waals surface area contributed by atoms with Crippen molar-refractivity contribution in [2.45, 2.75) is 18.8 Å². The van der Waals surface area contributed by atoms with Gasteiger partial charge in [0.25, 0.3) is 11.4 Å². The number of rotatable bonds is 5. The summed E-state index contributed by atoms with van der Waals surface area (Å²) < 4.78 is 16.2. The minimum absolute atomic E-state index is 0.108. The molecule has 0 N–H and O–H groups in total. The SMILES string of the molecule is COC(=O)/C=C1\C[C@@H](c2cccc([N+](=O)[O-])c2)O[C@@H](c2cccc([N+](=O)[O-])c2)O1. The van der Waals surface area contributed by atoms with Crippen LogP contribution < -0.4 is 0 Å². The van der Waals surface area contributed by atoms with Crippen molar-refractivity contribution in [3.05, 3.63) is 91.7 Å². The quantitative estimate of drug-likeness (QED) is 0.321. The molecule has 0 aromatic heterocycles. The second-order valence-corrected chi connectivity index (χ2v) is 6.12. The number of nitro benzene ring substituents is 2. The van der Waals surface area contributed by atoms with Gasteiger partial charge in [-0.05, 0) is 5.56 Å². The Balaban J connectivity index is 1.97. The van der Waals surface area contributed by atoms with E-state index in [4.69, 9.17) is 9.47 Å². The molecule has 3 rings (SSSR count). The van der Waals surface area contributed by atoms with Crippen molar-refractivity contribution >= 4 is 17.3 Å². The number of ether oxygens (including phenoxy) is 3. The molecule has 2 aromatic carbocycles. The molecule has 0 aliphatic carbocycles. The zero-order chi connectivity index (χ0) is 21.0. The molecule has 1 fully saturated rings. The van der Waals surface area contributed by atoms with Crippen LogP contribution in [0.5, 0.6) is 0 Å². The topological polar surface area (TPSA) is 131 Å². The molecule has 0 amide bonds.